The number of rotatable bonds is 5. The summed E-state index contributed by atoms with van der Waals surface area (Å²) in [5, 5.41) is 4.85. The Hall–Kier alpha value is -1.19. The van der Waals surface area contributed by atoms with Crippen molar-refractivity contribution in [2.24, 2.45) is 5.92 Å². The summed E-state index contributed by atoms with van der Waals surface area (Å²) in [7, 11) is 0. The van der Waals surface area contributed by atoms with Crippen LogP contribution in [0, 0.1) is 12.8 Å². The Morgan fingerprint density at radius 1 is 1.33 bits per heavy atom. The van der Waals surface area contributed by atoms with Gasteiger partial charge in [-0.3, -0.25) is 0 Å². The molecule has 1 saturated carbocycles. The number of hydrogen-bond donors (Lipinski definition) is 1. The fraction of sp³-hybridized carbons (Fsp3) is 0.400. The third kappa shape index (κ3) is 2.79. The highest BCUT2D eigenvalue weighted by Crippen LogP contribution is 2.41. The molecular weight excluding hydrogens is 240 g/mol. The van der Waals surface area contributed by atoms with Crippen LogP contribution in [0.4, 0.5) is 0 Å². The molecular formula is C15H18N2S. The van der Waals surface area contributed by atoms with Crippen LogP contribution in [0.5, 0.6) is 0 Å². The number of nitrogens with one attached hydrogen (secondary N) is 1. The zero-order chi connectivity index (χ0) is 12.4. The first-order valence-electron chi connectivity index (χ1n) is 6.52. The quantitative estimate of drug-likeness (QED) is 0.884. The van der Waals surface area contributed by atoms with Gasteiger partial charge in [0.2, 0.25) is 0 Å². The molecule has 94 valence electrons. The van der Waals surface area contributed by atoms with Crippen LogP contribution < -0.4 is 5.32 Å². The van der Waals surface area contributed by atoms with E-state index in [9.17, 15) is 0 Å². The zero-order valence-corrected chi connectivity index (χ0v) is 11.4. The van der Waals surface area contributed by atoms with Gasteiger partial charge in [-0.1, -0.05) is 30.3 Å². The number of aryl methyl sites for hydroxylation is 1. The van der Waals surface area contributed by atoms with Crippen LogP contribution in [0.25, 0.3) is 0 Å². The minimum Gasteiger partial charge on any atom is -0.305 e. The first-order chi connectivity index (χ1) is 8.83. The van der Waals surface area contributed by atoms with Crippen LogP contribution >= 0.6 is 11.3 Å². The lowest BCUT2D eigenvalue weighted by atomic mass is 10.0. The molecule has 1 heterocycles. The summed E-state index contributed by atoms with van der Waals surface area (Å²) < 4.78 is 0. The smallest absolute Gasteiger partial charge is 0.0897 e. The first-order valence-corrected chi connectivity index (χ1v) is 7.34. The molecule has 2 aromatic rings. The van der Waals surface area contributed by atoms with Crippen molar-refractivity contribution >= 4 is 11.3 Å². The molecule has 0 bridgehead atoms. The Bertz CT molecular complexity index is 502. The van der Waals surface area contributed by atoms with Crippen molar-refractivity contribution in [1.29, 1.82) is 0 Å². The van der Waals surface area contributed by atoms with Crippen LogP contribution in [-0.4, -0.2) is 4.98 Å². The lowest BCUT2D eigenvalue weighted by Crippen LogP contribution is -2.22. The summed E-state index contributed by atoms with van der Waals surface area (Å²) in [6.45, 7) is 2.99. The fourth-order valence-electron chi connectivity index (χ4n) is 2.34. The van der Waals surface area contributed by atoms with E-state index in [-0.39, 0.29) is 0 Å². The van der Waals surface area contributed by atoms with E-state index in [1.54, 1.807) is 11.3 Å². The monoisotopic (exact) mass is 258 g/mol. The number of nitrogens with zero attached hydrogens (tertiary/aromatic N) is 1. The predicted molar refractivity (Wildman–Crippen MR) is 75.6 cm³/mol. The Morgan fingerprint density at radius 2 is 2.11 bits per heavy atom. The molecule has 1 aromatic heterocycles. The second-order valence-electron chi connectivity index (χ2n) is 4.95. The minimum absolute atomic E-state index is 0.508. The van der Waals surface area contributed by atoms with Crippen molar-refractivity contribution in [1.82, 2.24) is 10.3 Å². The van der Waals surface area contributed by atoms with Crippen molar-refractivity contribution in [3.63, 3.8) is 0 Å². The van der Waals surface area contributed by atoms with Gasteiger partial charge in [-0.2, -0.15) is 0 Å². The molecule has 0 aliphatic heterocycles. The highest BCUT2D eigenvalue weighted by molar-refractivity contribution is 7.11. The largest absolute Gasteiger partial charge is 0.305 e. The Kier molecular flexibility index (Phi) is 3.43. The number of aromatic nitrogens is 1. The third-order valence-electron chi connectivity index (χ3n) is 3.42. The fourth-order valence-corrected chi connectivity index (χ4v) is 3.09. The van der Waals surface area contributed by atoms with E-state index in [1.807, 2.05) is 6.20 Å². The molecule has 2 nitrogen and oxygen atoms in total. The second kappa shape index (κ2) is 5.21. The zero-order valence-electron chi connectivity index (χ0n) is 10.6. The molecule has 1 unspecified atom stereocenters. The van der Waals surface area contributed by atoms with E-state index >= 15 is 0 Å². The standard InChI is InChI=1S/C15H18N2S/c1-11-16-9-14(18-11)10-17-15(13-7-8-13)12-5-3-2-4-6-12/h2-6,9,13,15,17H,7-8,10H2,1H3. The maximum atomic E-state index is 4.31. The van der Waals surface area contributed by atoms with Crippen molar-refractivity contribution in [2.45, 2.75) is 32.4 Å². The summed E-state index contributed by atoms with van der Waals surface area (Å²) >= 11 is 1.78. The van der Waals surface area contributed by atoms with Crippen molar-refractivity contribution in [3.05, 3.63) is 52.0 Å². The number of benzene rings is 1. The molecule has 0 spiro atoms. The van der Waals surface area contributed by atoms with Crippen LogP contribution in [-0.2, 0) is 6.54 Å². The molecule has 3 rings (SSSR count). The van der Waals surface area contributed by atoms with Gasteiger partial charge in [0.1, 0.15) is 0 Å². The second-order valence-corrected chi connectivity index (χ2v) is 6.27. The highest BCUT2D eigenvalue weighted by Gasteiger charge is 2.31. The highest BCUT2D eigenvalue weighted by atomic mass is 32.1. The van der Waals surface area contributed by atoms with Gasteiger partial charge in [0.25, 0.3) is 0 Å². The molecule has 1 aromatic carbocycles. The van der Waals surface area contributed by atoms with Gasteiger partial charge >= 0.3 is 0 Å². The SMILES string of the molecule is Cc1ncc(CNC(c2ccccc2)C2CC2)s1. The number of thiazole rings is 1. The van der Waals surface area contributed by atoms with Gasteiger partial charge in [0.05, 0.1) is 5.01 Å². The van der Waals surface area contributed by atoms with Crippen LogP contribution in [0.3, 0.4) is 0 Å². The van der Waals surface area contributed by atoms with Gasteiger partial charge in [-0.15, -0.1) is 11.3 Å². The van der Waals surface area contributed by atoms with Crippen molar-refractivity contribution in [3.8, 4) is 0 Å². The topological polar surface area (TPSA) is 24.9 Å². The van der Waals surface area contributed by atoms with Crippen molar-refractivity contribution in [2.75, 3.05) is 0 Å². The van der Waals surface area contributed by atoms with E-state index in [1.165, 1.54) is 23.3 Å². The maximum absolute atomic E-state index is 4.31. The summed E-state index contributed by atoms with van der Waals surface area (Å²) in [5.74, 6) is 0.821. The van der Waals surface area contributed by atoms with E-state index < -0.39 is 0 Å². The number of hydrogen-bond acceptors (Lipinski definition) is 3. The lowest BCUT2D eigenvalue weighted by molar-refractivity contribution is 0.482. The molecule has 1 aliphatic carbocycles. The molecule has 0 radical (unpaired) electrons. The molecule has 3 heteroatoms. The van der Waals surface area contributed by atoms with Crippen LogP contribution in [0.1, 0.15) is 34.3 Å². The normalized spacial score (nSPS) is 16.7. The minimum atomic E-state index is 0.508. The van der Waals surface area contributed by atoms with Gasteiger partial charge in [-0.05, 0) is 31.2 Å². The Morgan fingerprint density at radius 3 is 2.72 bits per heavy atom. The molecule has 0 amide bonds. The summed E-state index contributed by atoms with van der Waals surface area (Å²) in [4.78, 5) is 5.63. The lowest BCUT2D eigenvalue weighted by Gasteiger charge is -2.18. The molecule has 1 aliphatic rings. The summed E-state index contributed by atoms with van der Waals surface area (Å²) in [6, 6.07) is 11.3. The van der Waals surface area contributed by atoms with Crippen molar-refractivity contribution < 1.29 is 0 Å². The predicted octanol–water partition coefficient (Wildman–Crippen LogP) is 3.69. The van der Waals surface area contributed by atoms with E-state index in [0.717, 1.165) is 17.5 Å². The summed E-state index contributed by atoms with van der Waals surface area (Å²) in [5.41, 5.74) is 1.42. The first kappa shape index (κ1) is 11.9. The van der Waals surface area contributed by atoms with Crippen LogP contribution in [0.15, 0.2) is 36.5 Å². The molecule has 1 N–H and O–H groups in total. The molecule has 18 heavy (non-hydrogen) atoms. The molecule has 1 atom stereocenters. The third-order valence-corrected chi connectivity index (χ3v) is 4.33. The molecule has 1 fully saturated rings. The average molecular weight is 258 g/mol. The Balaban J connectivity index is 1.68. The van der Waals surface area contributed by atoms with Gasteiger partial charge in [-0.25, -0.2) is 4.98 Å². The van der Waals surface area contributed by atoms with E-state index in [0.29, 0.717) is 6.04 Å². The van der Waals surface area contributed by atoms with Crippen LogP contribution in [0.2, 0.25) is 0 Å². The Labute approximate surface area is 112 Å². The van der Waals surface area contributed by atoms with Gasteiger partial charge in [0, 0.05) is 23.7 Å². The van der Waals surface area contributed by atoms with E-state index in [4.69, 9.17) is 0 Å². The maximum Gasteiger partial charge on any atom is 0.0897 e. The average Bonchev–Trinajstić information content (AvgIpc) is 3.14. The van der Waals surface area contributed by atoms with Gasteiger partial charge in [0.15, 0.2) is 0 Å². The summed E-state index contributed by atoms with van der Waals surface area (Å²) in [6.07, 6.45) is 4.70. The van der Waals surface area contributed by atoms with E-state index in [2.05, 4.69) is 47.6 Å². The van der Waals surface area contributed by atoms with Gasteiger partial charge < -0.3 is 5.32 Å². The molecule has 0 saturated heterocycles.